The second kappa shape index (κ2) is 4.39. The molecule has 1 atom stereocenters. The van der Waals surface area contributed by atoms with E-state index in [0.717, 1.165) is 6.42 Å². The molecule has 0 amide bonds. The van der Waals surface area contributed by atoms with Crippen molar-refractivity contribution in [2.45, 2.75) is 39.7 Å². The van der Waals surface area contributed by atoms with Gasteiger partial charge in [0.15, 0.2) is 0 Å². The molecule has 0 spiro atoms. The summed E-state index contributed by atoms with van der Waals surface area (Å²) in [4.78, 5) is 10.5. The third-order valence-electron chi connectivity index (χ3n) is 2.15. The van der Waals surface area contributed by atoms with Gasteiger partial charge in [0.1, 0.15) is 5.54 Å². The van der Waals surface area contributed by atoms with Crippen LogP contribution in [0.4, 0.5) is 0 Å². The molecule has 0 radical (unpaired) electrons. The second-order valence-corrected chi connectivity index (χ2v) is 4.22. The van der Waals surface area contributed by atoms with Gasteiger partial charge in [-0.05, 0) is 26.2 Å². The molecule has 0 N–H and O–H groups in total. The van der Waals surface area contributed by atoms with Crippen LogP contribution < -0.4 is 0 Å². The van der Waals surface area contributed by atoms with Crippen molar-refractivity contribution in [3.8, 4) is 0 Å². The zero-order valence-electron chi connectivity index (χ0n) is 8.50. The zero-order chi connectivity index (χ0) is 9.78. The molecule has 0 saturated carbocycles. The fraction of sp³-hybridized carbons (Fsp3) is 0.800. The number of nitroso groups, excluding NO2 is 1. The average Bonchev–Trinajstić information content (AvgIpc) is 1.99. The fourth-order valence-corrected chi connectivity index (χ4v) is 1.25. The Labute approximate surface area is 75.0 Å². The van der Waals surface area contributed by atoms with E-state index < -0.39 is 5.54 Å². The van der Waals surface area contributed by atoms with Gasteiger partial charge in [0, 0.05) is 5.92 Å². The lowest BCUT2D eigenvalue weighted by Gasteiger charge is -2.26. The summed E-state index contributed by atoms with van der Waals surface area (Å²) in [5.74, 6) is 0.768. The molecule has 2 heteroatoms. The first-order chi connectivity index (χ1) is 5.44. The molecular formula is C10H19NO. The van der Waals surface area contributed by atoms with Crippen LogP contribution >= 0.6 is 0 Å². The van der Waals surface area contributed by atoms with Crippen molar-refractivity contribution in [3.05, 3.63) is 17.6 Å². The maximum atomic E-state index is 10.5. The lowest BCUT2D eigenvalue weighted by atomic mass is 9.82. The number of hydrogen-bond acceptors (Lipinski definition) is 2. The highest BCUT2D eigenvalue weighted by atomic mass is 16.3. The number of hydrogen-bond donors (Lipinski definition) is 0. The van der Waals surface area contributed by atoms with Gasteiger partial charge in [0.2, 0.25) is 0 Å². The maximum Gasteiger partial charge on any atom is 0.103 e. The Morgan fingerprint density at radius 2 is 2.00 bits per heavy atom. The highest BCUT2D eigenvalue weighted by molar-refractivity contribution is 4.95. The Hall–Kier alpha value is -0.660. The Kier molecular flexibility index (Phi) is 4.15. The maximum absolute atomic E-state index is 10.5. The van der Waals surface area contributed by atoms with Crippen LogP contribution in [0.1, 0.15) is 34.1 Å². The molecule has 0 aromatic carbocycles. The second-order valence-electron chi connectivity index (χ2n) is 4.22. The minimum atomic E-state index is -0.508. The molecule has 0 saturated heterocycles. The highest BCUT2D eigenvalue weighted by Gasteiger charge is 2.28. The fourth-order valence-electron chi connectivity index (χ4n) is 1.25. The summed E-state index contributed by atoms with van der Waals surface area (Å²) >= 11 is 0. The Morgan fingerprint density at radius 3 is 2.25 bits per heavy atom. The van der Waals surface area contributed by atoms with Crippen LogP contribution in [0.2, 0.25) is 0 Å². The summed E-state index contributed by atoms with van der Waals surface area (Å²) in [6.07, 6.45) is 2.81. The van der Waals surface area contributed by atoms with Crippen LogP contribution in [-0.2, 0) is 0 Å². The van der Waals surface area contributed by atoms with Gasteiger partial charge in [-0.25, -0.2) is 0 Å². The van der Waals surface area contributed by atoms with Crippen molar-refractivity contribution in [1.29, 1.82) is 0 Å². The Bertz CT molecular complexity index is 161. The summed E-state index contributed by atoms with van der Waals surface area (Å²) < 4.78 is 0. The van der Waals surface area contributed by atoms with Crippen LogP contribution in [0, 0.1) is 16.7 Å². The van der Waals surface area contributed by atoms with E-state index in [-0.39, 0.29) is 5.92 Å². The average molecular weight is 169 g/mol. The van der Waals surface area contributed by atoms with Crippen molar-refractivity contribution in [2.24, 2.45) is 17.0 Å². The Balaban J connectivity index is 4.33. The lowest BCUT2D eigenvalue weighted by molar-refractivity contribution is 0.327. The smallest absolute Gasteiger partial charge is 0.103 e. The third-order valence-corrected chi connectivity index (χ3v) is 2.15. The normalized spacial score (nSPS) is 14.4. The summed E-state index contributed by atoms with van der Waals surface area (Å²) in [5.41, 5.74) is -0.508. The van der Waals surface area contributed by atoms with Crippen LogP contribution in [0.5, 0.6) is 0 Å². The molecule has 0 rings (SSSR count). The van der Waals surface area contributed by atoms with Gasteiger partial charge in [-0.1, -0.05) is 25.1 Å². The minimum Gasteiger partial charge on any atom is -0.150 e. The molecule has 0 aliphatic rings. The molecule has 0 aliphatic carbocycles. The van der Waals surface area contributed by atoms with Gasteiger partial charge in [-0.2, -0.15) is 4.91 Å². The van der Waals surface area contributed by atoms with Gasteiger partial charge in [0.25, 0.3) is 0 Å². The SMILES string of the molecule is C=CC(CC(C)C)C(C)(C)N=O. The Morgan fingerprint density at radius 1 is 1.50 bits per heavy atom. The number of nitrogens with zero attached hydrogens (tertiary/aromatic N) is 1. The van der Waals surface area contributed by atoms with E-state index in [1.807, 2.05) is 19.9 Å². The van der Waals surface area contributed by atoms with Crippen molar-refractivity contribution in [1.82, 2.24) is 0 Å². The van der Waals surface area contributed by atoms with Crippen molar-refractivity contribution in [2.75, 3.05) is 0 Å². The van der Waals surface area contributed by atoms with E-state index in [0.29, 0.717) is 5.92 Å². The zero-order valence-corrected chi connectivity index (χ0v) is 8.50. The summed E-state index contributed by atoms with van der Waals surface area (Å²) in [6, 6.07) is 0. The predicted octanol–water partition coefficient (Wildman–Crippen LogP) is 3.38. The minimum absolute atomic E-state index is 0.190. The van der Waals surface area contributed by atoms with E-state index in [2.05, 4.69) is 25.6 Å². The molecule has 0 bridgehead atoms. The van der Waals surface area contributed by atoms with Crippen molar-refractivity contribution in [3.63, 3.8) is 0 Å². The molecule has 0 fully saturated rings. The quantitative estimate of drug-likeness (QED) is 0.458. The highest BCUT2D eigenvalue weighted by Crippen LogP contribution is 2.27. The van der Waals surface area contributed by atoms with Gasteiger partial charge in [0.05, 0.1) is 0 Å². The van der Waals surface area contributed by atoms with Crippen LogP contribution in [0.15, 0.2) is 17.8 Å². The molecule has 0 aromatic heterocycles. The van der Waals surface area contributed by atoms with Gasteiger partial charge >= 0.3 is 0 Å². The summed E-state index contributed by atoms with van der Waals surface area (Å²) in [5, 5.41) is 3.12. The predicted molar refractivity (Wildman–Crippen MR) is 53.0 cm³/mol. The molecule has 2 nitrogen and oxygen atoms in total. The molecular weight excluding hydrogens is 150 g/mol. The van der Waals surface area contributed by atoms with E-state index in [9.17, 15) is 4.91 Å². The molecule has 0 aliphatic heterocycles. The van der Waals surface area contributed by atoms with Gasteiger partial charge in [-0.15, -0.1) is 6.58 Å². The van der Waals surface area contributed by atoms with Crippen molar-refractivity contribution < 1.29 is 0 Å². The molecule has 0 aromatic rings. The van der Waals surface area contributed by atoms with Crippen molar-refractivity contribution >= 4 is 0 Å². The van der Waals surface area contributed by atoms with Crippen LogP contribution in [0.3, 0.4) is 0 Å². The number of rotatable bonds is 5. The molecule has 12 heavy (non-hydrogen) atoms. The van der Waals surface area contributed by atoms with E-state index in [1.54, 1.807) is 0 Å². The van der Waals surface area contributed by atoms with Crippen LogP contribution in [0.25, 0.3) is 0 Å². The summed E-state index contributed by atoms with van der Waals surface area (Å²) in [7, 11) is 0. The first-order valence-corrected chi connectivity index (χ1v) is 4.41. The molecule has 70 valence electrons. The van der Waals surface area contributed by atoms with E-state index >= 15 is 0 Å². The lowest BCUT2D eigenvalue weighted by Crippen LogP contribution is -2.28. The van der Waals surface area contributed by atoms with Gasteiger partial charge < -0.3 is 0 Å². The molecule has 1 unspecified atom stereocenters. The third kappa shape index (κ3) is 3.16. The first-order valence-electron chi connectivity index (χ1n) is 4.41. The largest absolute Gasteiger partial charge is 0.150 e. The topological polar surface area (TPSA) is 29.4 Å². The van der Waals surface area contributed by atoms with Crippen LogP contribution in [-0.4, -0.2) is 5.54 Å². The summed E-state index contributed by atoms with van der Waals surface area (Å²) in [6.45, 7) is 11.7. The van der Waals surface area contributed by atoms with Gasteiger partial charge in [-0.3, -0.25) is 0 Å². The standard InChI is InChI=1S/C10H19NO/c1-6-9(7-8(2)3)10(4,5)11-12/h6,8-9H,1,7H2,2-5H3. The monoisotopic (exact) mass is 169 g/mol. The molecule has 0 heterocycles. The van der Waals surface area contributed by atoms with E-state index in [1.165, 1.54) is 0 Å². The first kappa shape index (κ1) is 11.3. The van der Waals surface area contributed by atoms with E-state index in [4.69, 9.17) is 0 Å².